The first-order chi connectivity index (χ1) is 15.0. The average Bonchev–Trinajstić information content (AvgIpc) is 3.24. The van der Waals surface area contributed by atoms with Crippen LogP contribution in [0.5, 0.6) is 0 Å². The summed E-state index contributed by atoms with van der Waals surface area (Å²) in [6.45, 7) is 6.45. The lowest BCUT2D eigenvalue weighted by molar-refractivity contribution is -0.129. The normalized spacial score (nSPS) is 16.6. The van der Waals surface area contributed by atoms with Gasteiger partial charge in [-0.05, 0) is 64.3 Å². The molecule has 0 saturated carbocycles. The molecule has 1 aliphatic heterocycles. The van der Waals surface area contributed by atoms with Crippen LogP contribution < -0.4 is 5.32 Å². The summed E-state index contributed by atoms with van der Waals surface area (Å²) < 4.78 is 5.29. The molecular formula is C23H26N6O2. The Morgan fingerprint density at radius 1 is 1.10 bits per heavy atom. The van der Waals surface area contributed by atoms with Gasteiger partial charge in [-0.3, -0.25) is 4.79 Å². The molecule has 1 saturated heterocycles. The van der Waals surface area contributed by atoms with E-state index in [9.17, 15) is 4.79 Å². The first kappa shape index (κ1) is 20.7. The number of hydrogen-bond donors (Lipinski definition) is 1. The van der Waals surface area contributed by atoms with E-state index in [0.717, 1.165) is 36.3 Å². The van der Waals surface area contributed by atoms with E-state index in [2.05, 4.69) is 20.3 Å². The largest absolute Gasteiger partial charge is 0.465 e. The van der Waals surface area contributed by atoms with Crippen molar-refractivity contribution in [3.05, 3.63) is 65.3 Å². The number of hydrogen-bond acceptors (Lipinski definition) is 7. The first-order valence-corrected chi connectivity index (χ1v) is 10.4. The van der Waals surface area contributed by atoms with Crippen LogP contribution in [0.25, 0.3) is 6.08 Å². The van der Waals surface area contributed by atoms with Crippen LogP contribution in [0.2, 0.25) is 0 Å². The van der Waals surface area contributed by atoms with Gasteiger partial charge in [-0.1, -0.05) is 0 Å². The molecule has 3 aromatic rings. The smallest absolute Gasteiger partial charge is 0.247 e. The Bertz CT molecular complexity index is 1070. The van der Waals surface area contributed by atoms with Gasteiger partial charge in [0.2, 0.25) is 11.9 Å². The Morgan fingerprint density at radius 3 is 2.61 bits per heavy atom. The van der Waals surface area contributed by atoms with Crippen molar-refractivity contribution in [3.63, 3.8) is 0 Å². The third kappa shape index (κ3) is 5.14. The predicted octanol–water partition coefficient (Wildman–Crippen LogP) is 4.30. The second-order valence-electron chi connectivity index (χ2n) is 7.74. The van der Waals surface area contributed by atoms with Crippen LogP contribution in [0, 0.1) is 20.8 Å². The van der Waals surface area contributed by atoms with Gasteiger partial charge in [0.25, 0.3) is 0 Å². The van der Waals surface area contributed by atoms with Crippen molar-refractivity contribution in [2.45, 2.75) is 46.1 Å². The molecule has 1 amide bonds. The molecule has 160 valence electrons. The number of rotatable bonds is 5. The molecule has 1 N–H and O–H groups in total. The molecule has 0 unspecified atom stereocenters. The van der Waals surface area contributed by atoms with E-state index in [4.69, 9.17) is 9.40 Å². The molecule has 0 radical (unpaired) electrons. The number of likely N-dealkylation sites (tertiary alicyclic amines) is 1. The van der Waals surface area contributed by atoms with Gasteiger partial charge in [0.1, 0.15) is 11.6 Å². The molecule has 4 heterocycles. The quantitative estimate of drug-likeness (QED) is 0.617. The lowest BCUT2D eigenvalue weighted by Crippen LogP contribution is -2.38. The molecule has 1 fully saturated rings. The third-order valence-electron chi connectivity index (χ3n) is 5.11. The summed E-state index contributed by atoms with van der Waals surface area (Å²) in [5, 5.41) is 3.19. The Balaban J connectivity index is 1.58. The number of furan rings is 1. The van der Waals surface area contributed by atoms with Crippen LogP contribution in [-0.2, 0) is 4.79 Å². The second-order valence-corrected chi connectivity index (χ2v) is 7.74. The monoisotopic (exact) mass is 418 g/mol. The Labute approximate surface area is 181 Å². The van der Waals surface area contributed by atoms with Gasteiger partial charge in [-0.2, -0.15) is 0 Å². The van der Waals surface area contributed by atoms with Crippen molar-refractivity contribution in [3.8, 4) is 0 Å². The number of nitrogens with zero attached hydrogens (tertiary/aromatic N) is 5. The summed E-state index contributed by atoms with van der Waals surface area (Å²) in [5.41, 5.74) is 2.59. The van der Waals surface area contributed by atoms with Crippen molar-refractivity contribution in [1.82, 2.24) is 24.8 Å². The van der Waals surface area contributed by atoms with Crippen molar-refractivity contribution >= 4 is 23.7 Å². The number of carbonyl (C=O) groups is 1. The third-order valence-corrected chi connectivity index (χ3v) is 5.11. The summed E-state index contributed by atoms with van der Waals surface area (Å²) in [4.78, 5) is 33.0. The number of amides is 1. The lowest BCUT2D eigenvalue weighted by atomic mass is 10.0. The van der Waals surface area contributed by atoms with Crippen LogP contribution in [-0.4, -0.2) is 37.3 Å². The number of aryl methyl sites for hydroxylation is 3. The highest BCUT2D eigenvalue weighted by Gasteiger charge is 2.29. The average molecular weight is 419 g/mol. The van der Waals surface area contributed by atoms with Gasteiger partial charge in [0.15, 0.2) is 5.82 Å². The SMILES string of the molecule is Cc1cc(C)nc(Nc2cc(C)nc([C@@H]3CCCCN3C(=O)/C=C/c3ccco3)n2)n1. The summed E-state index contributed by atoms with van der Waals surface area (Å²) in [5.74, 6) is 2.33. The Kier molecular flexibility index (Phi) is 6.06. The predicted molar refractivity (Wildman–Crippen MR) is 118 cm³/mol. The van der Waals surface area contributed by atoms with Crippen molar-refractivity contribution in [2.24, 2.45) is 0 Å². The molecular weight excluding hydrogens is 392 g/mol. The van der Waals surface area contributed by atoms with E-state index in [0.29, 0.717) is 29.9 Å². The number of piperidine rings is 1. The standard InChI is InChI=1S/C23H26N6O2/c1-15-13-16(2)26-23(25-15)28-20-14-17(3)24-22(27-20)19-8-4-5-11-29(19)21(30)10-9-18-7-6-12-31-18/h6-7,9-10,12-14,19H,4-5,8,11H2,1-3H3,(H,24,25,26,27,28)/b10-9+/t19-/m0/s1. The molecule has 8 heteroatoms. The van der Waals surface area contributed by atoms with E-state index in [1.807, 2.05) is 43.9 Å². The van der Waals surface area contributed by atoms with Crippen LogP contribution in [0.15, 0.2) is 41.0 Å². The minimum Gasteiger partial charge on any atom is -0.465 e. The minimum absolute atomic E-state index is 0.0710. The minimum atomic E-state index is -0.178. The molecule has 1 atom stereocenters. The van der Waals surface area contributed by atoms with Crippen molar-refractivity contribution in [1.29, 1.82) is 0 Å². The maximum absolute atomic E-state index is 12.9. The van der Waals surface area contributed by atoms with Crippen LogP contribution in [0.1, 0.15) is 54.0 Å². The molecule has 0 spiro atoms. The molecule has 0 aromatic carbocycles. The van der Waals surface area contributed by atoms with Crippen molar-refractivity contribution < 1.29 is 9.21 Å². The number of carbonyl (C=O) groups excluding carboxylic acids is 1. The van der Waals surface area contributed by atoms with Crippen LogP contribution >= 0.6 is 0 Å². The molecule has 3 aromatic heterocycles. The fourth-order valence-corrected chi connectivity index (χ4v) is 3.80. The number of nitrogens with one attached hydrogen (secondary N) is 1. The highest BCUT2D eigenvalue weighted by Crippen LogP contribution is 2.30. The molecule has 0 bridgehead atoms. The number of anilines is 2. The van der Waals surface area contributed by atoms with E-state index >= 15 is 0 Å². The summed E-state index contributed by atoms with van der Waals surface area (Å²) in [6.07, 6.45) is 7.64. The molecule has 0 aliphatic carbocycles. The molecule has 4 rings (SSSR count). The molecule has 8 nitrogen and oxygen atoms in total. The Morgan fingerprint density at radius 2 is 1.87 bits per heavy atom. The highest BCUT2D eigenvalue weighted by molar-refractivity contribution is 5.91. The molecule has 1 aliphatic rings. The fourth-order valence-electron chi connectivity index (χ4n) is 3.80. The highest BCUT2D eigenvalue weighted by atomic mass is 16.3. The second kappa shape index (κ2) is 9.07. The van der Waals surface area contributed by atoms with E-state index in [1.165, 1.54) is 0 Å². The summed E-state index contributed by atoms with van der Waals surface area (Å²) in [7, 11) is 0. The zero-order valence-electron chi connectivity index (χ0n) is 18.0. The van der Waals surface area contributed by atoms with Crippen molar-refractivity contribution in [2.75, 3.05) is 11.9 Å². The zero-order valence-corrected chi connectivity index (χ0v) is 18.0. The first-order valence-electron chi connectivity index (χ1n) is 10.4. The summed E-state index contributed by atoms with van der Waals surface area (Å²) >= 11 is 0. The van der Waals surface area contributed by atoms with Gasteiger partial charge < -0.3 is 14.6 Å². The van der Waals surface area contributed by atoms with Gasteiger partial charge in [-0.15, -0.1) is 0 Å². The van der Waals surface area contributed by atoms with Crippen LogP contribution in [0.3, 0.4) is 0 Å². The molecule has 31 heavy (non-hydrogen) atoms. The van der Waals surface area contributed by atoms with Gasteiger partial charge >= 0.3 is 0 Å². The summed E-state index contributed by atoms with van der Waals surface area (Å²) in [6, 6.07) is 7.21. The van der Waals surface area contributed by atoms with E-state index in [-0.39, 0.29) is 11.9 Å². The lowest BCUT2D eigenvalue weighted by Gasteiger charge is -2.34. The number of aromatic nitrogens is 4. The van der Waals surface area contributed by atoms with E-state index in [1.54, 1.807) is 24.5 Å². The fraction of sp³-hybridized carbons (Fsp3) is 0.348. The van der Waals surface area contributed by atoms with E-state index < -0.39 is 0 Å². The van der Waals surface area contributed by atoms with Gasteiger partial charge in [0, 0.05) is 35.8 Å². The van der Waals surface area contributed by atoms with Gasteiger partial charge in [-0.25, -0.2) is 19.9 Å². The zero-order chi connectivity index (χ0) is 21.8. The maximum atomic E-state index is 12.9. The Hall–Kier alpha value is -3.55. The topological polar surface area (TPSA) is 97.0 Å². The van der Waals surface area contributed by atoms with Gasteiger partial charge in [0.05, 0.1) is 12.3 Å². The van der Waals surface area contributed by atoms with Crippen LogP contribution in [0.4, 0.5) is 11.8 Å². The maximum Gasteiger partial charge on any atom is 0.247 e.